The van der Waals surface area contributed by atoms with Crippen LogP contribution in [0.2, 0.25) is 0 Å². The number of amides is 1. The first-order valence-corrected chi connectivity index (χ1v) is 11.9. The van der Waals surface area contributed by atoms with Crippen molar-refractivity contribution in [1.82, 2.24) is 14.1 Å². The van der Waals surface area contributed by atoms with E-state index in [1.165, 1.54) is 4.31 Å². The summed E-state index contributed by atoms with van der Waals surface area (Å²) in [5.41, 5.74) is 0.880. The van der Waals surface area contributed by atoms with Gasteiger partial charge in [-0.25, -0.2) is 8.42 Å². The fraction of sp³-hybridized carbons (Fsp3) is 0.435. The quantitative estimate of drug-likeness (QED) is 0.625. The Morgan fingerprint density at radius 3 is 2.35 bits per heavy atom. The molecule has 0 saturated carbocycles. The Morgan fingerprint density at radius 1 is 1.06 bits per heavy atom. The van der Waals surface area contributed by atoms with Gasteiger partial charge in [-0.15, -0.1) is 0 Å². The predicted octanol–water partition coefficient (Wildman–Crippen LogP) is 2.79. The van der Waals surface area contributed by atoms with Gasteiger partial charge in [-0.3, -0.25) is 4.79 Å². The molecule has 168 valence electrons. The van der Waals surface area contributed by atoms with Gasteiger partial charge < -0.3 is 14.5 Å². The molecular weight excluding hydrogens is 414 g/mol. The van der Waals surface area contributed by atoms with Crippen LogP contribution in [0.25, 0.3) is 0 Å². The minimum atomic E-state index is -3.85. The zero-order valence-electron chi connectivity index (χ0n) is 18.4. The molecule has 0 N–H and O–H groups in total. The molecule has 0 radical (unpaired) electrons. The monoisotopic (exact) mass is 445 g/mol. The molecule has 1 heterocycles. The highest BCUT2D eigenvalue weighted by molar-refractivity contribution is 7.89. The average Bonchev–Trinajstić information content (AvgIpc) is 2.77. The summed E-state index contributed by atoms with van der Waals surface area (Å²) in [6, 6.07) is 15.9. The van der Waals surface area contributed by atoms with Gasteiger partial charge in [0.15, 0.2) is 0 Å². The van der Waals surface area contributed by atoms with Crippen LogP contribution in [0.4, 0.5) is 0 Å². The number of ether oxygens (including phenoxy) is 1. The van der Waals surface area contributed by atoms with Crippen molar-refractivity contribution in [3.8, 4) is 5.75 Å². The Kier molecular flexibility index (Phi) is 7.69. The molecule has 31 heavy (non-hydrogen) atoms. The maximum absolute atomic E-state index is 13.8. The summed E-state index contributed by atoms with van der Waals surface area (Å²) in [5.74, 6) is 0.534. The van der Waals surface area contributed by atoms with E-state index >= 15 is 0 Å². The second-order valence-electron chi connectivity index (χ2n) is 8.01. The third kappa shape index (κ3) is 5.64. The van der Waals surface area contributed by atoms with Crippen molar-refractivity contribution >= 4 is 15.9 Å². The first-order valence-electron chi connectivity index (χ1n) is 10.5. The Bertz CT molecular complexity index is 962. The molecule has 1 unspecified atom stereocenters. The van der Waals surface area contributed by atoms with Crippen LogP contribution in [0, 0.1) is 0 Å². The van der Waals surface area contributed by atoms with E-state index in [0.717, 1.165) is 18.4 Å². The molecule has 2 aromatic carbocycles. The highest BCUT2D eigenvalue weighted by atomic mass is 32.2. The van der Waals surface area contributed by atoms with Crippen LogP contribution < -0.4 is 4.74 Å². The molecule has 1 saturated heterocycles. The zero-order valence-corrected chi connectivity index (χ0v) is 19.2. The molecule has 2 aromatic rings. The number of hydrogen-bond donors (Lipinski definition) is 0. The summed E-state index contributed by atoms with van der Waals surface area (Å²) in [4.78, 5) is 16.7. The van der Waals surface area contributed by atoms with Crippen molar-refractivity contribution in [2.45, 2.75) is 36.9 Å². The predicted molar refractivity (Wildman–Crippen MR) is 120 cm³/mol. The Balaban J connectivity index is 2.00. The molecule has 7 nitrogen and oxygen atoms in total. The minimum Gasteiger partial charge on any atom is -0.497 e. The summed E-state index contributed by atoms with van der Waals surface area (Å²) >= 11 is 0. The van der Waals surface area contributed by atoms with E-state index in [1.807, 2.05) is 49.3 Å². The number of nitrogens with zero attached hydrogens (tertiary/aromatic N) is 3. The smallest absolute Gasteiger partial charge is 0.245 e. The van der Waals surface area contributed by atoms with Crippen LogP contribution in [0.3, 0.4) is 0 Å². The largest absolute Gasteiger partial charge is 0.497 e. The standard InChI is InChI=1S/C23H31N3O4S/c1-24(2)18-23(27)25-16-8-7-11-22(25)26(17-19-9-5-4-6-10-19)31(28,29)21-14-12-20(30-3)13-15-21/h4-6,9-10,12-15,22H,7-8,11,16-18H2,1-3H3. The summed E-state index contributed by atoms with van der Waals surface area (Å²) < 4.78 is 34.2. The second kappa shape index (κ2) is 10.3. The third-order valence-electron chi connectivity index (χ3n) is 5.42. The highest BCUT2D eigenvalue weighted by Crippen LogP contribution is 2.29. The number of hydrogen-bond acceptors (Lipinski definition) is 5. The second-order valence-corrected chi connectivity index (χ2v) is 9.90. The van der Waals surface area contributed by atoms with Crippen molar-refractivity contribution < 1.29 is 17.9 Å². The molecule has 0 spiro atoms. The van der Waals surface area contributed by atoms with Crippen molar-refractivity contribution in [3.05, 3.63) is 60.2 Å². The minimum absolute atomic E-state index is 0.0577. The number of carbonyl (C=O) groups is 1. The number of carbonyl (C=O) groups excluding carboxylic acids is 1. The summed E-state index contributed by atoms with van der Waals surface area (Å²) in [6.07, 6.45) is 1.84. The molecular formula is C23H31N3O4S. The molecule has 0 aromatic heterocycles. The number of benzene rings is 2. The van der Waals surface area contributed by atoms with Crippen LogP contribution in [-0.4, -0.2) is 68.9 Å². The van der Waals surface area contributed by atoms with E-state index in [-0.39, 0.29) is 23.9 Å². The molecule has 1 amide bonds. The van der Waals surface area contributed by atoms with Crippen LogP contribution >= 0.6 is 0 Å². The Hall–Kier alpha value is -2.42. The van der Waals surface area contributed by atoms with Gasteiger partial charge in [0.25, 0.3) is 0 Å². The van der Waals surface area contributed by atoms with E-state index in [2.05, 4.69) is 0 Å². The van der Waals surface area contributed by atoms with E-state index in [9.17, 15) is 13.2 Å². The van der Waals surface area contributed by atoms with Gasteiger partial charge in [0.05, 0.1) is 24.7 Å². The molecule has 0 bridgehead atoms. The third-order valence-corrected chi connectivity index (χ3v) is 7.28. The van der Waals surface area contributed by atoms with Crippen LogP contribution in [0.15, 0.2) is 59.5 Å². The number of methoxy groups -OCH3 is 1. The van der Waals surface area contributed by atoms with Gasteiger partial charge in [0, 0.05) is 13.1 Å². The number of sulfonamides is 1. The summed E-state index contributed by atoms with van der Waals surface area (Å²) in [5, 5.41) is 0. The van der Waals surface area contributed by atoms with Gasteiger partial charge in [-0.2, -0.15) is 4.31 Å². The van der Waals surface area contributed by atoms with E-state index in [0.29, 0.717) is 18.7 Å². The van der Waals surface area contributed by atoms with Crippen molar-refractivity contribution in [1.29, 1.82) is 0 Å². The first kappa shape index (κ1) is 23.2. The maximum Gasteiger partial charge on any atom is 0.245 e. The van der Waals surface area contributed by atoms with Gasteiger partial charge in [-0.1, -0.05) is 30.3 Å². The lowest BCUT2D eigenvalue weighted by atomic mass is 10.1. The lowest BCUT2D eigenvalue weighted by Gasteiger charge is -2.42. The summed E-state index contributed by atoms with van der Waals surface area (Å²) in [7, 11) is 1.37. The SMILES string of the molecule is COc1ccc(S(=O)(=O)N(Cc2ccccc2)C2CCCCN2C(=O)CN(C)C)cc1. The molecule has 1 aliphatic rings. The fourth-order valence-electron chi connectivity index (χ4n) is 3.86. The molecule has 1 atom stereocenters. The fourth-order valence-corrected chi connectivity index (χ4v) is 5.47. The van der Waals surface area contributed by atoms with Crippen LogP contribution in [-0.2, 0) is 21.4 Å². The average molecular weight is 446 g/mol. The number of likely N-dealkylation sites (tertiary alicyclic amines) is 1. The van der Waals surface area contributed by atoms with Crippen LogP contribution in [0.1, 0.15) is 24.8 Å². The van der Waals surface area contributed by atoms with Gasteiger partial charge >= 0.3 is 0 Å². The summed E-state index contributed by atoms with van der Waals surface area (Å²) in [6.45, 7) is 1.00. The highest BCUT2D eigenvalue weighted by Gasteiger charge is 2.38. The van der Waals surface area contributed by atoms with Gasteiger partial charge in [-0.05, 0) is 63.2 Å². The van der Waals surface area contributed by atoms with E-state index in [4.69, 9.17) is 4.74 Å². The number of likely N-dealkylation sites (N-methyl/N-ethyl adjacent to an activating group) is 1. The number of rotatable bonds is 8. The van der Waals surface area contributed by atoms with E-state index < -0.39 is 16.2 Å². The van der Waals surface area contributed by atoms with Gasteiger partial charge in [0.2, 0.25) is 15.9 Å². The van der Waals surface area contributed by atoms with Crippen molar-refractivity contribution in [3.63, 3.8) is 0 Å². The maximum atomic E-state index is 13.8. The van der Waals surface area contributed by atoms with Crippen molar-refractivity contribution in [2.75, 3.05) is 34.3 Å². The molecule has 0 aliphatic carbocycles. The molecule has 1 fully saturated rings. The normalized spacial score (nSPS) is 17.2. The molecule has 3 rings (SSSR count). The van der Waals surface area contributed by atoms with Crippen molar-refractivity contribution in [2.24, 2.45) is 0 Å². The lowest BCUT2D eigenvalue weighted by Crippen LogP contribution is -2.56. The van der Waals surface area contributed by atoms with E-state index in [1.54, 1.807) is 36.3 Å². The zero-order chi connectivity index (χ0) is 22.4. The topological polar surface area (TPSA) is 70.2 Å². The first-order chi connectivity index (χ1) is 14.8. The van der Waals surface area contributed by atoms with Crippen LogP contribution in [0.5, 0.6) is 5.75 Å². The molecule has 1 aliphatic heterocycles. The number of piperidine rings is 1. The lowest BCUT2D eigenvalue weighted by molar-refractivity contribution is -0.138. The Labute approximate surface area is 185 Å². The Morgan fingerprint density at radius 2 is 1.74 bits per heavy atom. The van der Waals surface area contributed by atoms with Gasteiger partial charge in [0.1, 0.15) is 5.75 Å². The molecule has 8 heteroatoms.